The van der Waals surface area contributed by atoms with Crippen LogP contribution in [0.25, 0.3) is 11.1 Å². The summed E-state index contributed by atoms with van der Waals surface area (Å²) in [6, 6.07) is 10.5. The minimum atomic E-state index is -1.13. The third kappa shape index (κ3) is 4.72. The second kappa shape index (κ2) is 9.56. The second-order valence-electron chi connectivity index (χ2n) is 7.56. The minimum absolute atomic E-state index is 0.220. The molecule has 1 aromatic heterocycles. The Bertz CT molecular complexity index is 1290. The SMILES string of the molecule is Cc1ccccc1-c1ccc(F)c(N(C(=O)NCCC(=O)O)c2c(O)ccn(C)c2=O)c1C. The lowest BCUT2D eigenvalue weighted by molar-refractivity contribution is -0.136. The fraction of sp³-hybridized carbons (Fsp3) is 0.208. The van der Waals surface area contributed by atoms with Gasteiger partial charge in [0.15, 0.2) is 5.69 Å². The molecule has 0 aliphatic rings. The van der Waals surface area contributed by atoms with Crippen molar-refractivity contribution in [2.75, 3.05) is 11.4 Å². The van der Waals surface area contributed by atoms with Gasteiger partial charge in [-0.15, -0.1) is 0 Å². The number of halogens is 1. The van der Waals surface area contributed by atoms with Crippen molar-refractivity contribution in [1.82, 2.24) is 9.88 Å². The Labute approximate surface area is 189 Å². The molecule has 2 aromatic carbocycles. The number of carbonyl (C=O) groups excluding carboxylic acids is 1. The summed E-state index contributed by atoms with van der Waals surface area (Å²) in [4.78, 5) is 37.7. The van der Waals surface area contributed by atoms with Gasteiger partial charge in [-0.2, -0.15) is 0 Å². The molecule has 3 N–H and O–H groups in total. The topological polar surface area (TPSA) is 112 Å². The zero-order valence-corrected chi connectivity index (χ0v) is 18.4. The number of aromatic hydroxyl groups is 1. The van der Waals surface area contributed by atoms with E-state index in [1.54, 1.807) is 13.0 Å². The molecule has 0 unspecified atom stereocenters. The van der Waals surface area contributed by atoms with Crippen molar-refractivity contribution < 1.29 is 24.2 Å². The number of anilines is 2. The average Bonchev–Trinajstić information content (AvgIpc) is 2.76. The highest BCUT2D eigenvalue weighted by Gasteiger charge is 2.29. The summed E-state index contributed by atoms with van der Waals surface area (Å²) in [6.45, 7) is 3.26. The van der Waals surface area contributed by atoms with E-state index in [-0.39, 0.29) is 18.7 Å². The van der Waals surface area contributed by atoms with Crippen LogP contribution >= 0.6 is 0 Å². The van der Waals surface area contributed by atoms with Gasteiger partial charge in [0.1, 0.15) is 11.6 Å². The van der Waals surface area contributed by atoms with Crippen LogP contribution in [0.15, 0.2) is 53.5 Å². The first-order valence-electron chi connectivity index (χ1n) is 10.2. The zero-order valence-electron chi connectivity index (χ0n) is 18.4. The number of urea groups is 1. The molecule has 0 saturated heterocycles. The molecule has 1 heterocycles. The first-order chi connectivity index (χ1) is 15.6. The third-order valence-corrected chi connectivity index (χ3v) is 5.30. The summed E-state index contributed by atoms with van der Waals surface area (Å²) in [5.74, 6) is -2.45. The highest BCUT2D eigenvalue weighted by molar-refractivity contribution is 6.02. The summed E-state index contributed by atoms with van der Waals surface area (Å²) < 4.78 is 16.4. The van der Waals surface area contributed by atoms with Crippen molar-refractivity contribution in [2.45, 2.75) is 20.3 Å². The molecule has 0 bridgehead atoms. The molecule has 3 rings (SSSR count). The number of hydrogen-bond acceptors (Lipinski definition) is 4. The predicted molar refractivity (Wildman–Crippen MR) is 122 cm³/mol. The molecule has 3 aromatic rings. The highest BCUT2D eigenvalue weighted by Crippen LogP contribution is 2.39. The number of aryl methyl sites for hydroxylation is 2. The van der Waals surface area contributed by atoms with Gasteiger partial charge in [-0.1, -0.05) is 30.3 Å². The summed E-state index contributed by atoms with van der Waals surface area (Å²) in [5, 5.41) is 21.7. The van der Waals surface area contributed by atoms with Gasteiger partial charge in [0.25, 0.3) is 5.56 Å². The molecule has 0 aliphatic heterocycles. The Morgan fingerprint density at radius 3 is 2.42 bits per heavy atom. The van der Waals surface area contributed by atoms with E-state index in [1.165, 1.54) is 25.4 Å². The Morgan fingerprint density at radius 2 is 1.76 bits per heavy atom. The standard InChI is InChI=1S/C24H24FN3O5/c1-14-6-4-5-7-16(14)17-8-9-18(25)21(15(17)2)28(24(33)26-12-10-20(30)31)22-19(29)11-13-27(3)23(22)32/h4-9,11,13,29H,10,12H2,1-3H3,(H,26,33)(H,30,31). The summed E-state index contributed by atoms with van der Waals surface area (Å²) >= 11 is 0. The number of hydrogen-bond donors (Lipinski definition) is 3. The largest absolute Gasteiger partial charge is 0.505 e. The Morgan fingerprint density at radius 1 is 1.06 bits per heavy atom. The zero-order chi connectivity index (χ0) is 24.3. The molecule has 33 heavy (non-hydrogen) atoms. The number of carboxylic acid groups (broad SMARTS) is 1. The van der Waals surface area contributed by atoms with Crippen LogP contribution in [0.4, 0.5) is 20.6 Å². The fourth-order valence-corrected chi connectivity index (χ4v) is 3.59. The van der Waals surface area contributed by atoms with Gasteiger partial charge in [-0.3, -0.25) is 14.5 Å². The van der Waals surface area contributed by atoms with Gasteiger partial charge in [-0.05, 0) is 48.2 Å². The van der Waals surface area contributed by atoms with E-state index < -0.39 is 34.8 Å². The van der Waals surface area contributed by atoms with Crippen molar-refractivity contribution in [1.29, 1.82) is 0 Å². The van der Waals surface area contributed by atoms with Gasteiger partial charge in [0, 0.05) is 19.8 Å². The fourth-order valence-electron chi connectivity index (χ4n) is 3.59. The number of pyridine rings is 1. The summed E-state index contributed by atoms with van der Waals surface area (Å²) in [7, 11) is 1.43. The Kier molecular flexibility index (Phi) is 6.81. The van der Waals surface area contributed by atoms with Gasteiger partial charge in [0.05, 0.1) is 12.1 Å². The number of carbonyl (C=O) groups is 2. The molecular weight excluding hydrogens is 429 g/mol. The number of benzene rings is 2. The van der Waals surface area contributed by atoms with E-state index >= 15 is 4.39 Å². The Hall–Kier alpha value is -4.14. The molecule has 0 radical (unpaired) electrons. The van der Waals surface area contributed by atoms with Crippen molar-refractivity contribution in [2.24, 2.45) is 7.05 Å². The molecule has 0 aliphatic carbocycles. The quantitative estimate of drug-likeness (QED) is 0.525. The lowest BCUT2D eigenvalue weighted by atomic mass is 9.95. The van der Waals surface area contributed by atoms with Gasteiger partial charge in [-0.25, -0.2) is 9.18 Å². The monoisotopic (exact) mass is 453 g/mol. The minimum Gasteiger partial charge on any atom is -0.505 e. The molecule has 0 fully saturated rings. The first-order valence-corrected chi connectivity index (χ1v) is 10.2. The number of nitrogens with zero attached hydrogens (tertiary/aromatic N) is 2. The van der Waals surface area contributed by atoms with Gasteiger partial charge >= 0.3 is 12.0 Å². The van der Waals surface area contributed by atoms with E-state index in [0.29, 0.717) is 11.1 Å². The molecule has 0 saturated carbocycles. The van der Waals surface area contributed by atoms with Crippen LogP contribution < -0.4 is 15.8 Å². The van der Waals surface area contributed by atoms with Crippen molar-refractivity contribution in [3.05, 3.63) is 76.0 Å². The van der Waals surface area contributed by atoms with Gasteiger partial charge in [0.2, 0.25) is 0 Å². The molecular formula is C24H24FN3O5. The predicted octanol–water partition coefficient (Wildman–Crippen LogP) is 3.84. The number of carboxylic acids is 1. The molecule has 172 valence electrons. The van der Waals surface area contributed by atoms with Crippen LogP contribution in [0.3, 0.4) is 0 Å². The van der Waals surface area contributed by atoms with Crippen molar-refractivity contribution in [3.8, 4) is 16.9 Å². The molecule has 8 nitrogen and oxygen atoms in total. The van der Waals surface area contributed by atoms with Gasteiger partial charge < -0.3 is 20.1 Å². The lowest BCUT2D eigenvalue weighted by Gasteiger charge is -2.27. The summed E-state index contributed by atoms with van der Waals surface area (Å²) in [5.41, 5.74) is 1.34. The number of amides is 2. The van der Waals surface area contributed by atoms with E-state index in [0.717, 1.165) is 20.6 Å². The lowest BCUT2D eigenvalue weighted by Crippen LogP contribution is -2.41. The number of rotatable bonds is 6. The first kappa shape index (κ1) is 23.5. The van der Waals surface area contributed by atoms with E-state index in [2.05, 4.69) is 5.32 Å². The van der Waals surface area contributed by atoms with Crippen LogP contribution in [0, 0.1) is 19.7 Å². The third-order valence-electron chi connectivity index (χ3n) is 5.30. The number of aromatic nitrogens is 1. The molecule has 0 atom stereocenters. The second-order valence-corrected chi connectivity index (χ2v) is 7.56. The van der Waals surface area contributed by atoms with Crippen LogP contribution in [-0.2, 0) is 11.8 Å². The Balaban J connectivity index is 2.26. The average molecular weight is 453 g/mol. The molecule has 9 heteroatoms. The highest BCUT2D eigenvalue weighted by atomic mass is 19.1. The van der Waals surface area contributed by atoms with E-state index in [9.17, 15) is 19.5 Å². The molecule has 0 spiro atoms. The maximum atomic E-state index is 15.3. The maximum absolute atomic E-state index is 15.3. The smallest absolute Gasteiger partial charge is 0.326 e. The van der Waals surface area contributed by atoms with Crippen molar-refractivity contribution >= 4 is 23.4 Å². The summed E-state index contributed by atoms with van der Waals surface area (Å²) in [6.07, 6.45) is 0.942. The van der Waals surface area contributed by atoms with Crippen LogP contribution in [0.2, 0.25) is 0 Å². The van der Waals surface area contributed by atoms with E-state index in [4.69, 9.17) is 5.11 Å². The van der Waals surface area contributed by atoms with E-state index in [1.807, 2.05) is 31.2 Å². The molecule has 2 amide bonds. The van der Waals surface area contributed by atoms with Crippen LogP contribution in [0.1, 0.15) is 17.5 Å². The number of nitrogens with one attached hydrogen (secondary N) is 1. The maximum Gasteiger partial charge on any atom is 0.326 e. The number of aliphatic carboxylic acids is 1. The van der Waals surface area contributed by atoms with Crippen LogP contribution in [0.5, 0.6) is 5.75 Å². The van der Waals surface area contributed by atoms with Crippen molar-refractivity contribution in [3.63, 3.8) is 0 Å². The normalized spacial score (nSPS) is 10.7. The van der Waals surface area contributed by atoms with Crippen LogP contribution in [-0.4, -0.2) is 33.3 Å².